The molecule has 0 aliphatic heterocycles. The van der Waals surface area contributed by atoms with Gasteiger partial charge in [0, 0.05) is 6.07 Å². The first-order valence-electron chi connectivity index (χ1n) is 3.67. The highest BCUT2D eigenvalue weighted by Crippen LogP contribution is 2.26. The van der Waals surface area contributed by atoms with Crippen molar-refractivity contribution in [2.75, 3.05) is 5.32 Å². The summed E-state index contributed by atoms with van der Waals surface area (Å²) in [6, 6.07) is 2.23. The van der Waals surface area contributed by atoms with Crippen molar-refractivity contribution >= 4 is 11.6 Å². The van der Waals surface area contributed by atoms with Crippen molar-refractivity contribution in [3.63, 3.8) is 0 Å². The minimum Gasteiger partial charge on any atom is -0.506 e. The molecule has 0 saturated carbocycles. The van der Waals surface area contributed by atoms with Crippen LogP contribution in [0.15, 0.2) is 18.2 Å². The predicted octanol–water partition coefficient (Wildman–Crippen LogP) is 2.03. The summed E-state index contributed by atoms with van der Waals surface area (Å²) in [5, 5.41) is 10.4. The fraction of sp³-hybridized carbons (Fsp3) is 0.125. The van der Waals surface area contributed by atoms with Crippen molar-refractivity contribution in [1.82, 2.24) is 0 Å². The number of aromatic hydroxyl groups is 1. The van der Waals surface area contributed by atoms with E-state index in [1.165, 1.54) is 5.32 Å². The Balaban J connectivity index is 2.87. The number of alkyl halides is 3. The highest BCUT2D eigenvalue weighted by Gasteiger charge is 2.39. The Labute approximate surface area is 81.3 Å². The van der Waals surface area contributed by atoms with E-state index in [0.717, 1.165) is 12.1 Å². The number of anilines is 1. The van der Waals surface area contributed by atoms with E-state index in [1.807, 2.05) is 0 Å². The van der Waals surface area contributed by atoms with Crippen LogP contribution in [0.3, 0.4) is 0 Å². The topological polar surface area (TPSA) is 49.3 Å². The molecule has 0 fully saturated rings. The molecule has 1 aromatic carbocycles. The zero-order chi connectivity index (χ0) is 11.6. The summed E-state index contributed by atoms with van der Waals surface area (Å²) in [5.74, 6) is -3.82. The molecule has 0 spiro atoms. The minimum atomic E-state index is -5.05. The van der Waals surface area contributed by atoms with Crippen LogP contribution in [0.2, 0.25) is 0 Å². The molecule has 0 unspecified atom stereocenters. The van der Waals surface area contributed by atoms with E-state index >= 15 is 0 Å². The number of phenolic OH excluding ortho intramolecular Hbond substituents is 1. The van der Waals surface area contributed by atoms with Crippen molar-refractivity contribution in [3.05, 3.63) is 24.0 Å². The highest BCUT2D eigenvalue weighted by molar-refractivity contribution is 5.96. The lowest BCUT2D eigenvalue weighted by molar-refractivity contribution is -0.167. The molecular weight excluding hydrogens is 218 g/mol. The number of carbonyl (C=O) groups excluding carboxylic acids is 1. The average Bonchev–Trinajstić information content (AvgIpc) is 2.08. The first-order valence-corrected chi connectivity index (χ1v) is 3.67. The van der Waals surface area contributed by atoms with E-state index in [1.54, 1.807) is 0 Å². The third kappa shape index (κ3) is 2.83. The highest BCUT2D eigenvalue weighted by atomic mass is 19.4. The van der Waals surface area contributed by atoms with Gasteiger partial charge >= 0.3 is 12.1 Å². The summed E-state index contributed by atoms with van der Waals surface area (Å²) < 4.78 is 47.8. The summed E-state index contributed by atoms with van der Waals surface area (Å²) in [7, 11) is 0. The van der Waals surface area contributed by atoms with Crippen LogP contribution in [0, 0.1) is 5.82 Å². The third-order valence-electron chi connectivity index (χ3n) is 1.47. The van der Waals surface area contributed by atoms with E-state index in [0.29, 0.717) is 6.07 Å². The molecule has 0 atom stereocenters. The Morgan fingerprint density at radius 1 is 1.33 bits per heavy atom. The first kappa shape index (κ1) is 11.3. The normalized spacial score (nSPS) is 11.2. The molecule has 15 heavy (non-hydrogen) atoms. The second-order valence-corrected chi connectivity index (χ2v) is 2.61. The number of hydrogen-bond acceptors (Lipinski definition) is 2. The Morgan fingerprint density at radius 2 is 1.93 bits per heavy atom. The Morgan fingerprint density at radius 3 is 2.40 bits per heavy atom. The van der Waals surface area contributed by atoms with Gasteiger partial charge in [-0.25, -0.2) is 4.39 Å². The van der Waals surface area contributed by atoms with Gasteiger partial charge in [0.2, 0.25) is 0 Å². The van der Waals surface area contributed by atoms with E-state index in [4.69, 9.17) is 5.11 Å². The van der Waals surface area contributed by atoms with Gasteiger partial charge in [0.1, 0.15) is 11.6 Å². The number of halogens is 4. The number of benzene rings is 1. The van der Waals surface area contributed by atoms with Gasteiger partial charge in [-0.1, -0.05) is 0 Å². The number of carbonyl (C=O) groups is 1. The average molecular weight is 223 g/mol. The van der Waals surface area contributed by atoms with Gasteiger partial charge in [0.25, 0.3) is 0 Å². The van der Waals surface area contributed by atoms with E-state index in [9.17, 15) is 22.4 Å². The third-order valence-corrected chi connectivity index (χ3v) is 1.47. The molecule has 0 aliphatic carbocycles. The lowest BCUT2D eigenvalue weighted by atomic mass is 10.3. The SMILES string of the molecule is O=C(Nc1ccc(F)cc1O)C(F)(F)F. The summed E-state index contributed by atoms with van der Waals surface area (Å²) in [4.78, 5) is 10.4. The summed E-state index contributed by atoms with van der Waals surface area (Å²) in [6.07, 6.45) is -5.05. The lowest BCUT2D eigenvalue weighted by Gasteiger charge is -2.08. The predicted molar refractivity (Wildman–Crippen MR) is 42.7 cm³/mol. The summed E-state index contributed by atoms with van der Waals surface area (Å²) in [5.41, 5.74) is -0.501. The van der Waals surface area contributed by atoms with Gasteiger partial charge in [-0.2, -0.15) is 13.2 Å². The van der Waals surface area contributed by atoms with Crippen LogP contribution in [0.4, 0.5) is 23.2 Å². The van der Waals surface area contributed by atoms with E-state index < -0.39 is 29.3 Å². The molecule has 3 nitrogen and oxygen atoms in total. The van der Waals surface area contributed by atoms with Crippen molar-refractivity contribution in [2.24, 2.45) is 0 Å². The Bertz CT molecular complexity index is 389. The fourth-order valence-corrected chi connectivity index (χ4v) is 0.804. The molecule has 0 bridgehead atoms. The van der Waals surface area contributed by atoms with Gasteiger partial charge in [-0.15, -0.1) is 0 Å². The zero-order valence-electron chi connectivity index (χ0n) is 7.10. The molecule has 2 N–H and O–H groups in total. The lowest BCUT2D eigenvalue weighted by Crippen LogP contribution is -2.29. The standard InChI is InChI=1S/C8H5F4NO2/c9-4-1-2-5(6(14)3-4)13-7(15)8(10,11)12/h1-3,14H,(H,13,15). The molecule has 1 amide bonds. The Hall–Kier alpha value is -1.79. The molecule has 0 saturated heterocycles. The van der Waals surface area contributed by atoms with Gasteiger partial charge in [0.15, 0.2) is 0 Å². The largest absolute Gasteiger partial charge is 0.506 e. The van der Waals surface area contributed by atoms with Crippen LogP contribution >= 0.6 is 0 Å². The van der Waals surface area contributed by atoms with Gasteiger partial charge in [0.05, 0.1) is 5.69 Å². The number of hydrogen-bond donors (Lipinski definition) is 2. The van der Waals surface area contributed by atoms with Crippen LogP contribution in [0.5, 0.6) is 5.75 Å². The number of nitrogens with one attached hydrogen (secondary N) is 1. The van der Waals surface area contributed by atoms with Crippen LogP contribution in [0.1, 0.15) is 0 Å². The fourth-order valence-electron chi connectivity index (χ4n) is 0.804. The van der Waals surface area contributed by atoms with Crippen molar-refractivity contribution in [3.8, 4) is 5.75 Å². The molecule has 0 aromatic heterocycles. The summed E-state index contributed by atoms with van der Waals surface area (Å²) >= 11 is 0. The smallest absolute Gasteiger partial charge is 0.471 e. The zero-order valence-corrected chi connectivity index (χ0v) is 7.10. The molecule has 0 heterocycles. The number of rotatable bonds is 1. The molecule has 82 valence electrons. The maximum Gasteiger partial charge on any atom is 0.471 e. The van der Waals surface area contributed by atoms with Crippen LogP contribution in [-0.2, 0) is 4.79 Å². The number of phenols is 1. The first-order chi connectivity index (χ1) is 6.80. The van der Waals surface area contributed by atoms with Crippen LogP contribution in [-0.4, -0.2) is 17.2 Å². The van der Waals surface area contributed by atoms with E-state index in [2.05, 4.69) is 0 Å². The maximum absolute atomic E-state index is 12.4. The van der Waals surface area contributed by atoms with E-state index in [-0.39, 0.29) is 0 Å². The second-order valence-electron chi connectivity index (χ2n) is 2.61. The van der Waals surface area contributed by atoms with Gasteiger partial charge in [-0.05, 0) is 12.1 Å². The van der Waals surface area contributed by atoms with Crippen LogP contribution < -0.4 is 5.32 Å². The molecule has 1 rings (SSSR count). The summed E-state index contributed by atoms with van der Waals surface area (Å²) in [6.45, 7) is 0. The molecule has 1 aromatic rings. The molecule has 0 radical (unpaired) electrons. The Kier molecular flexibility index (Phi) is 2.83. The second kappa shape index (κ2) is 3.76. The number of amides is 1. The maximum atomic E-state index is 12.4. The molecule has 7 heteroatoms. The van der Waals surface area contributed by atoms with Gasteiger partial charge in [-0.3, -0.25) is 4.79 Å². The van der Waals surface area contributed by atoms with Crippen molar-refractivity contribution in [2.45, 2.75) is 6.18 Å². The van der Waals surface area contributed by atoms with Gasteiger partial charge < -0.3 is 10.4 Å². The molecule has 0 aliphatic rings. The quantitative estimate of drug-likeness (QED) is 0.565. The van der Waals surface area contributed by atoms with Crippen molar-refractivity contribution < 1.29 is 27.5 Å². The van der Waals surface area contributed by atoms with Crippen molar-refractivity contribution in [1.29, 1.82) is 0 Å². The molecular formula is C8H5F4NO2. The van der Waals surface area contributed by atoms with Crippen LogP contribution in [0.25, 0.3) is 0 Å². The minimum absolute atomic E-state index is 0.501. The monoisotopic (exact) mass is 223 g/mol.